The van der Waals surface area contributed by atoms with Crippen molar-refractivity contribution in [2.24, 2.45) is 50.9 Å². The maximum absolute atomic E-state index is 13.5. The molecule has 1 amide bonds. The summed E-state index contributed by atoms with van der Waals surface area (Å²) in [5.41, 5.74) is 33.1. The van der Waals surface area contributed by atoms with Gasteiger partial charge in [-0.25, -0.2) is 4.79 Å². The Morgan fingerprint density at radius 1 is 0.384 bits per heavy atom. The molecular weight excluding hydrogens is 1460 g/mol. The Labute approximate surface area is 654 Å². The topological polar surface area (TPSA) is 401 Å². The molecular formula is C79H112N10O23. The molecule has 6 fully saturated rings. The molecule has 3 aromatic rings. The van der Waals surface area contributed by atoms with Gasteiger partial charge in [-0.1, -0.05) is 169 Å². The Bertz CT molecular complexity index is 3640. The first-order chi connectivity index (χ1) is 53.8. The molecule has 0 spiro atoms. The van der Waals surface area contributed by atoms with E-state index < -0.39 is 213 Å². The van der Waals surface area contributed by atoms with Gasteiger partial charge >= 0.3 is 30.0 Å². The van der Waals surface area contributed by atoms with E-state index in [9.17, 15) is 40.6 Å². The van der Waals surface area contributed by atoms with Crippen LogP contribution in [-0.4, -0.2) is 196 Å². The van der Waals surface area contributed by atoms with Gasteiger partial charge in [0.15, 0.2) is 56.1 Å². The molecule has 33 heteroatoms. The summed E-state index contributed by atoms with van der Waals surface area (Å²) in [6.07, 6.45) is -18.9. The zero-order valence-corrected chi connectivity index (χ0v) is 66.6. The van der Waals surface area contributed by atoms with Crippen molar-refractivity contribution in [2.75, 3.05) is 13.2 Å². The standard InChI is InChI=1S/C79H112N10O23/c1-16-57-64(44(6)60(83-86-80)73(104-57)95-38-30-22-29-37-89(39-54-31-23-19-24-32-54)79(94)97-41-56-35-27-21-28-36-56)108-76-68(101-51(13)91)47(9)63(48(10)98-76)107-74-61(84-87-81)45(7)66(59(18-3)105-74)110-78-71(102-52(14)92)70(96-40-55-33-25-20-26-34-55)69(49(11)99-78)111-75-62(85-88-82)46(8)65(58(17-2)106-75)109-77-67(100-50(12)90)42(4)43(5)72(112-77)103-53(15)93/h19-21,23-28,31-36,42-49,57-78H,16-18,22,29-30,37-41H2,1-15H3/t42?,43-,44?,45?,46?,47?,48-,49?,57-,58-,59?,60?,61-,62?,63-,64-,65-,66-,67?,68?,69+,70+,71?,72+,73-,74+,75+,76-,77+,78-/m0/s1. The molecule has 0 aliphatic carbocycles. The zero-order chi connectivity index (χ0) is 80.9. The average Bonchev–Trinajstić information content (AvgIpc) is 0.767. The first kappa shape index (κ1) is 88.2. The predicted molar refractivity (Wildman–Crippen MR) is 399 cm³/mol. The van der Waals surface area contributed by atoms with E-state index in [1.54, 1.807) is 25.7 Å². The Balaban J connectivity index is 0.873. The number of hydrogen-bond acceptors (Lipinski definition) is 26. The maximum atomic E-state index is 13.5. The lowest BCUT2D eigenvalue weighted by atomic mass is 9.85. The fraction of sp³-hybridized carbons (Fsp3) is 0.709. The van der Waals surface area contributed by atoms with Crippen LogP contribution in [0.5, 0.6) is 0 Å². The van der Waals surface area contributed by atoms with Gasteiger partial charge in [0.2, 0.25) is 6.29 Å². The molecule has 112 heavy (non-hydrogen) atoms. The Hall–Kier alpha value is -7.78. The molecule has 33 nitrogen and oxygen atoms in total. The summed E-state index contributed by atoms with van der Waals surface area (Å²) in [5, 5.41) is 12.6. The van der Waals surface area contributed by atoms with Crippen LogP contribution in [0, 0.1) is 35.5 Å². The predicted octanol–water partition coefficient (Wildman–Crippen LogP) is 13.3. The van der Waals surface area contributed by atoms with Crippen molar-refractivity contribution in [1.82, 2.24) is 4.90 Å². The number of azide groups is 3. The summed E-state index contributed by atoms with van der Waals surface area (Å²) >= 11 is 0. The van der Waals surface area contributed by atoms with Gasteiger partial charge < -0.3 is 90.2 Å². The van der Waals surface area contributed by atoms with E-state index in [0.29, 0.717) is 51.6 Å². The van der Waals surface area contributed by atoms with E-state index in [-0.39, 0.29) is 19.8 Å². The van der Waals surface area contributed by atoms with Gasteiger partial charge in [-0.3, -0.25) is 19.2 Å². The van der Waals surface area contributed by atoms with Gasteiger partial charge in [0, 0.05) is 79.9 Å². The highest BCUT2D eigenvalue weighted by atomic mass is 16.8. The lowest BCUT2D eigenvalue weighted by Gasteiger charge is -2.52. The lowest BCUT2D eigenvalue weighted by Crippen LogP contribution is -2.65. The summed E-state index contributed by atoms with van der Waals surface area (Å²) in [6, 6.07) is 25.5. The van der Waals surface area contributed by atoms with Crippen LogP contribution in [0.25, 0.3) is 31.3 Å². The van der Waals surface area contributed by atoms with Gasteiger partial charge in [0.1, 0.15) is 18.8 Å². The molecule has 6 heterocycles. The van der Waals surface area contributed by atoms with Crippen LogP contribution in [0.15, 0.2) is 106 Å². The Kier molecular flexibility index (Phi) is 33.5. The molecule has 0 radical (unpaired) electrons. The molecule has 6 saturated heterocycles. The third-order valence-corrected chi connectivity index (χ3v) is 21.9. The fourth-order valence-electron chi connectivity index (χ4n) is 15.7. The third kappa shape index (κ3) is 22.8. The van der Waals surface area contributed by atoms with Gasteiger partial charge in [-0.2, -0.15) is 0 Å². The first-order valence-electron chi connectivity index (χ1n) is 39.1. The molecule has 12 unspecified atom stereocenters. The number of carbonyl (C=O) groups excluding carboxylic acids is 5. The molecule has 616 valence electrons. The minimum absolute atomic E-state index is 0.0146. The number of esters is 4. The monoisotopic (exact) mass is 1570 g/mol. The van der Waals surface area contributed by atoms with E-state index in [0.717, 1.165) is 16.7 Å². The van der Waals surface area contributed by atoms with Crippen LogP contribution < -0.4 is 0 Å². The minimum atomic E-state index is -1.40. The second kappa shape index (κ2) is 42.5. The summed E-state index contributed by atoms with van der Waals surface area (Å²) in [7, 11) is 0. The number of benzene rings is 3. The van der Waals surface area contributed by atoms with Crippen molar-refractivity contribution in [2.45, 2.75) is 310 Å². The van der Waals surface area contributed by atoms with E-state index in [1.165, 1.54) is 27.7 Å². The maximum Gasteiger partial charge on any atom is 0.410 e. The van der Waals surface area contributed by atoms with Crippen LogP contribution in [0.2, 0.25) is 0 Å². The van der Waals surface area contributed by atoms with Crippen LogP contribution in [-0.2, 0) is 124 Å². The number of nitrogens with zero attached hydrogens (tertiary/aromatic N) is 10. The number of unbranched alkanes of at least 4 members (excludes halogenated alkanes) is 2. The molecule has 3 aromatic carbocycles. The highest BCUT2D eigenvalue weighted by Gasteiger charge is 2.58. The highest BCUT2D eigenvalue weighted by Crippen LogP contribution is 2.45. The number of amides is 1. The molecule has 0 bridgehead atoms. The smallest absolute Gasteiger partial charge is 0.410 e. The van der Waals surface area contributed by atoms with Crippen LogP contribution >= 0.6 is 0 Å². The SMILES string of the molecule is CCC1O[C@H](O[C@H]2C(C)C(OC(C)=O)[C@H](O[C@H]3C(C)C(N=[N+]=[N-])[C@@H](OCCCCCN(Cc4ccccc4)C(=O)OCc4ccccc4)O[C@H]3CC)O[C@H]2C)[C@@H](N=[N+]=[N-])C(C)[C@@H]1O[C@@H]1OC(C)[C@@H](O[C@H]2O[C@@H](CC)[C@@H](O[C@@H]3O[C@@H](OC(C)=O)[C@@H](C)C(C)C3OC(C)=O)C(C)C2N=[N+]=[N-])[C@@H](OCc2ccccc2)C1OC(C)=O. The van der Waals surface area contributed by atoms with E-state index in [4.69, 9.17) is 85.3 Å². The quantitative estimate of drug-likeness (QED) is 0.0134. The number of hydrogen-bond donors (Lipinski definition) is 0. The van der Waals surface area contributed by atoms with Crippen molar-refractivity contribution in [3.05, 3.63) is 139 Å². The second-order valence-electron chi connectivity index (χ2n) is 29.9. The second-order valence-corrected chi connectivity index (χ2v) is 29.9. The number of rotatable bonds is 34. The summed E-state index contributed by atoms with van der Waals surface area (Å²) < 4.78 is 117. The fourth-order valence-corrected chi connectivity index (χ4v) is 15.7. The minimum Gasteiger partial charge on any atom is -0.457 e. The van der Waals surface area contributed by atoms with Crippen molar-refractivity contribution < 1.29 is 109 Å². The van der Waals surface area contributed by atoms with Crippen LogP contribution in [0.1, 0.15) is 159 Å². The normalized spacial score (nSPS) is 35.9. The Morgan fingerprint density at radius 3 is 1.26 bits per heavy atom. The molecule has 6 aliphatic rings. The molecule has 30 atom stereocenters. The van der Waals surface area contributed by atoms with Crippen molar-refractivity contribution >= 4 is 30.0 Å². The van der Waals surface area contributed by atoms with Crippen LogP contribution in [0.4, 0.5) is 4.79 Å². The van der Waals surface area contributed by atoms with Gasteiger partial charge in [0.25, 0.3) is 0 Å². The summed E-state index contributed by atoms with van der Waals surface area (Å²) in [6.45, 7) is 26.4. The summed E-state index contributed by atoms with van der Waals surface area (Å²) in [5.74, 6) is -5.91. The van der Waals surface area contributed by atoms with E-state index in [2.05, 4.69) is 30.1 Å². The van der Waals surface area contributed by atoms with Gasteiger partial charge in [-0.05, 0) is 103 Å². The average molecular weight is 1570 g/mol. The summed E-state index contributed by atoms with van der Waals surface area (Å²) in [4.78, 5) is 76.2. The Morgan fingerprint density at radius 2 is 0.786 bits per heavy atom. The third-order valence-electron chi connectivity index (χ3n) is 21.9. The molecule has 9 rings (SSSR count). The lowest BCUT2D eigenvalue weighted by molar-refractivity contribution is -0.376. The highest BCUT2D eigenvalue weighted by molar-refractivity contribution is 5.68. The largest absolute Gasteiger partial charge is 0.457 e. The number of carbonyl (C=O) groups is 5. The van der Waals surface area contributed by atoms with Crippen molar-refractivity contribution in [3.8, 4) is 0 Å². The first-order valence-corrected chi connectivity index (χ1v) is 39.1. The van der Waals surface area contributed by atoms with E-state index in [1.807, 2.05) is 146 Å². The van der Waals surface area contributed by atoms with Gasteiger partial charge in [0.05, 0.1) is 79.7 Å². The zero-order valence-electron chi connectivity index (χ0n) is 66.6. The molecule has 0 saturated carbocycles. The number of ether oxygens (including phenoxy) is 18. The van der Waals surface area contributed by atoms with Crippen LogP contribution in [0.3, 0.4) is 0 Å². The van der Waals surface area contributed by atoms with E-state index >= 15 is 0 Å². The molecule has 0 N–H and O–H groups in total. The van der Waals surface area contributed by atoms with Crippen molar-refractivity contribution in [3.63, 3.8) is 0 Å². The molecule has 0 aromatic heterocycles. The van der Waals surface area contributed by atoms with Gasteiger partial charge in [-0.15, -0.1) is 0 Å². The molecule has 6 aliphatic heterocycles. The van der Waals surface area contributed by atoms with Crippen molar-refractivity contribution in [1.29, 1.82) is 0 Å².